The quantitative estimate of drug-likeness (QED) is 0.853. The van der Waals surface area contributed by atoms with Crippen LogP contribution in [-0.4, -0.2) is 18.0 Å². The second-order valence-electron chi connectivity index (χ2n) is 4.66. The van der Waals surface area contributed by atoms with Gasteiger partial charge in [0.1, 0.15) is 0 Å². The third-order valence-corrected chi connectivity index (χ3v) is 2.06. The first kappa shape index (κ1) is 12.8. The van der Waals surface area contributed by atoms with Crippen molar-refractivity contribution in [1.29, 1.82) is 0 Å². The maximum absolute atomic E-state index is 11.5. The minimum atomic E-state index is -0.196. The summed E-state index contributed by atoms with van der Waals surface area (Å²) in [7, 11) is 0. The zero-order valence-corrected chi connectivity index (χ0v) is 10.6. The number of rotatable bonds is 3. The van der Waals surface area contributed by atoms with Gasteiger partial charge in [-0.3, -0.25) is 4.79 Å². The molecule has 3 nitrogen and oxygen atoms in total. The Bertz CT molecular complexity index is 354. The molecule has 1 aromatic carbocycles. The second-order valence-corrected chi connectivity index (χ2v) is 5.10. The monoisotopic (exact) mass is 240 g/mol. The van der Waals surface area contributed by atoms with Crippen LogP contribution in [0.25, 0.3) is 0 Å². The van der Waals surface area contributed by atoms with Crippen LogP contribution in [0, 0.1) is 0 Å². The Morgan fingerprint density at radius 1 is 1.25 bits per heavy atom. The van der Waals surface area contributed by atoms with E-state index in [2.05, 4.69) is 10.6 Å². The molecule has 0 spiro atoms. The number of benzene rings is 1. The normalized spacial score (nSPS) is 11.0. The fourth-order valence-electron chi connectivity index (χ4n) is 1.21. The molecule has 2 N–H and O–H groups in total. The Labute approximate surface area is 101 Å². The van der Waals surface area contributed by atoms with Crippen LogP contribution in [0.2, 0.25) is 5.02 Å². The van der Waals surface area contributed by atoms with Crippen molar-refractivity contribution in [2.45, 2.75) is 26.3 Å². The molecule has 0 saturated heterocycles. The highest BCUT2D eigenvalue weighted by Gasteiger charge is 2.12. The van der Waals surface area contributed by atoms with Crippen molar-refractivity contribution in [3.8, 4) is 0 Å². The molecule has 0 heterocycles. The number of amides is 1. The fourth-order valence-corrected chi connectivity index (χ4v) is 1.34. The molecule has 0 unspecified atom stereocenters. The molecule has 0 aromatic heterocycles. The zero-order chi connectivity index (χ0) is 12.2. The molecule has 0 aliphatic heterocycles. The molecule has 16 heavy (non-hydrogen) atoms. The van der Waals surface area contributed by atoms with Crippen LogP contribution in [-0.2, 0) is 4.79 Å². The molecule has 0 saturated carbocycles. The van der Waals surface area contributed by atoms with E-state index >= 15 is 0 Å². The Morgan fingerprint density at radius 2 is 1.81 bits per heavy atom. The Kier molecular flexibility index (Phi) is 4.19. The van der Waals surface area contributed by atoms with Gasteiger partial charge in [0, 0.05) is 16.2 Å². The first-order chi connectivity index (χ1) is 7.37. The van der Waals surface area contributed by atoms with E-state index in [0.29, 0.717) is 5.02 Å². The number of anilines is 1. The zero-order valence-electron chi connectivity index (χ0n) is 9.80. The van der Waals surface area contributed by atoms with Crippen LogP contribution in [0.15, 0.2) is 24.3 Å². The largest absolute Gasteiger partial charge is 0.376 e. The molecule has 0 fully saturated rings. The summed E-state index contributed by atoms with van der Waals surface area (Å²) in [5.74, 6) is -0.0255. The lowest BCUT2D eigenvalue weighted by Crippen LogP contribution is -2.43. The van der Waals surface area contributed by atoms with Gasteiger partial charge in [-0.1, -0.05) is 11.6 Å². The molecular weight excluding hydrogens is 224 g/mol. The van der Waals surface area contributed by atoms with Gasteiger partial charge < -0.3 is 10.6 Å². The van der Waals surface area contributed by atoms with Gasteiger partial charge in [0.25, 0.3) is 0 Å². The maximum Gasteiger partial charge on any atom is 0.239 e. The van der Waals surface area contributed by atoms with E-state index in [-0.39, 0.29) is 18.0 Å². The molecule has 1 rings (SSSR count). The summed E-state index contributed by atoms with van der Waals surface area (Å²) < 4.78 is 0. The van der Waals surface area contributed by atoms with Gasteiger partial charge >= 0.3 is 0 Å². The van der Waals surface area contributed by atoms with Crippen molar-refractivity contribution in [1.82, 2.24) is 5.32 Å². The first-order valence-corrected chi connectivity index (χ1v) is 5.55. The van der Waals surface area contributed by atoms with Crippen molar-refractivity contribution in [3.05, 3.63) is 29.3 Å². The van der Waals surface area contributed by atoms with Crippen molar-refractivity contribution < 1.29 is 4.79 Å². The van der Waals surface area contributed by atoms with E-state index in [1.54, 1.807) is 12.1 Å². The topological polar surface area (TPSA) is 41.1 Å². The minimum Gasteiger partial charge on any atom is -0.376 e. The van der Waals surface area contributed by atoms with Gasteiger partial charge in [0.15, 0.2) is 0 Å². The van der Waals surface area contributed by atoms with E-state index in [9.17, 15) is 4.79 Å². The molecular formula is C12H17ClN2O. The molecule has 88 valence electrons. The summed E-state index contributed by atoms with van der Waals surface area (Å²) in [5, 5.41) is 6.58. The average Bonchev–Trinajstić information content (AvgIpc) is 2.14. The first-order valence-electron chi connectivity index (χ1n) is 5.17. The van der Waals surface area contributed by atoms with Crippen LogP contribution in [0.4, 0.5) is 5.69 Å². The molecule has 0 atom stereocenters. The van der Waals surface area contributed by atoms with Crippen LogP contribution < -0.4 is 10.6 Å². The van der Waals surface area contributed by atoms with Gasteiger partial charge in [0.2, 0.25) is 5.91 Å². The smallest absolute Gasteiger partial charge is 0.239 e. The van der Waals surface area contributed by atoms with E-state index < -0.39 is 0 Å². The van der Waals surface area contributed by atoms with Crippen molar-refractivity contribution in [3.63, 3.8) is 0 Å². The number of hydrogen-bond acceptors (Lipinski definition) is 2. The second kappa shape index (κ2) is 5.21. The van der Waals surface area contributed by atoms with Crippen LogP contribution >= 0.6 is 11.6 Å². The summed E-state index contributed by atoms with van der Waals surface area (Å²) >= 11 is 5.75. The number of hydrogen-bond donors (Lipinski definition) is 2. The van der Waals surface area contributed by atoms with Crippen molar-refractivity contribution in [2.24, 2.45) is 0 Å². The number of nitrogens with one attached hydrogen (secondary N) is 2. The summed E-state index contributed by atoms with van der Waals surface area (Å²) in [6.07, 6.45) is 0. The van der Waals surface area contributed by atoms with Crippen LogP contribution in [0.3, 0.4) is 0 Å². The van der Waals surface area contributed by atoms with Gasteiger partial charge in [-0.05, 0) is 45.0 Å². The van der Waals surface area contributed by atoms with Gasteiger partial charge in [-0.2, -0.15) is 0 Å². The SMILES string of the molecule is CC(C)(C)NC(=O)CNc1ccc(Cl)cc1. The van der Waals surface area contributed by atoms with Crippen molar-refractivity contribution >= 4 is 23.2 Å². The highest BCUT2D eigenvalue weighted by molar-refractivity contribution is 6.30. The standard InChI is InChI=1S/C12H17ClN2O/c1-12(2,3)15-11(16)8-14-10-6-4-9(13)5-7-10/h4-7,14H,8H2,1-3H3,(H,15,16). The van der Waals surface area contributed by atoms with Crippen LogP contribution in [0.5, 0.6) is 0 Å². The fraction of sp³-hybridized carbons (Fsp3) is 0.417. The van der Waals surface area contributed by atoms with E-state index in [0.717, 1.165) is 5.69 Å². The summed E-state index contributed by atoms with van der Waals surface area (Å²) in [5.41, 5.74) is 0.687. The molecule has 0 aliphatic carbocycles. The summed E-state index contributed by atoms with van der Waals surface area (Å²) in [6.45, 7) is 6.12. The molecule has 1 amide bonds. The third kappa shape index (κ3) is 5.03. The van der Waals surface area contributed by atoms with Gasteiger partial charge in [-0.25, -0.2) is 0 Å². The predicted molar refractivity (Wildman–Crippen MR) is 67.8 cm³/mol. The lowest BCUT2D eigenvalue weighted by atomic mass is 10.1. The predicted octanol–water partition coefficient (Wildman–Crippen LogP) is 2.67. The Balaban J connectivity index is 2.40. The molecule has 1 aromatic rings. The van der Waals surface area contributed by atoms with Crippen molar-refractivity contribution in [2.75, 3.05) is 11.9 Å². The number of carbonyl (C=O) groups is 1. The van der Waals surface area contributed by atoms with E-state index in [1.807, 2.05) is 32.9 Å². The maximum atomic E-state index is 11.5. The van der Waals surface area contributed by atoms with Gasteiger partial charge in [0.05, 0.1) is 6.54 Å². The lowest BCUT2D eigenvalue weighted by molar-refractivity contribution is -0.120. The third-order valence-electron chi connectivity index (χ3n) is 1.81. The van der Waals surface area contributed by atoms with E-state index in [4.69, 9.17) is 11.6 Å². The summed E-state index contributed by atoms with van der Waals surface area (Å²) in [4.78, 5) is 11.5. The number of carbonyl (C=O) groups excluding carboxylic acids is 1. The number of halogens is 1. The van der Waals surface area contributed by atoms with Crippen LogP contribution in [0.1, 0.15) is 20.8 Å². The highest BCUT2D eigenvalue weighted by atomic mass is 35.5. The highest BCUT2D eigenvalue weighted by Crippen LogP contribution is 2.12. The van der Waals surface area contributed by atoms with E-state index in [1.165, 1.54) is 0 Å². The summed E-state index contributed by atoms with van der Waals surface area (Å²) in [6, 6.07) is 7.25. The molecule has 0 aliphatic rings. The molecule has 0 radical (unpaired) electrons. The minimum absolute atomic E-state index is 0.0255. The molecule has 4 heteroatoms. The Morgan fingerprint density at radius 3 is 2.31 bits per heavy atom. The average molecular weight is 241 g/mol. The lowest BCUT2D eigenvalue weighted by Gasteiger charge is -2.20. The Hall–Kier alpha value is -1.22. The molecule has 0 bridgehead atoms. The van der Waals surface area contributed by atoms with Gasteiger partial charge in [-0.15, -0.1) is 0 Å².